The summed E-state index contributed by atoms with van der Waals surface area (Å²) in [5.74, 6) is 0.525. The van der Waals surface area contributed by atoms with E-state index < -0.39 is 4.92 Å². The van der Waals surface area contributed by atoms with Crippen LogP contribution >= 0.6 is 0 Å². The Kier molecular flexibility index (Phi) is 6.28. The zero-order valence-corrected chi connectivity index (χ0v) is 14.8. The van der Waals surface area contributed by atoms with E-state index in [4.69, 9.17) is 4.74 Å². The molecule has 0 spiro atoms. The van der Waals surface area contributed by atoms with Gasteiger partial charge in [-0.25, -0.2) is 0 Å². The lowest BCUT2D eigenvalue weighted by atomic mass is 10.0. The summed E-state index contributed by atoms with van der Waals surface area (Å²) < 4.78 is 5.63. The Hall–Kier alpha value is -2.69. The Labute approximate surface area is 147 Å². The molecule has 0 saturated heterocycles. The molecule has 0 heterocycles. The van der Waals surface area contributed by atoms with Crippen LogP contribution in [0.4, 0.5) is 5.69 Å². The van der Waals surface area contributed by atoms with E-state index in [-0.39, 0.29) is 23.8 Å². The second-order valence-electron chi connectivity index (χ2n) is 6.30. The molecule has 0 unspecified atom stereocenters. The Balaban J connectivity index is 2.15. The average molecular weight is 341 g/mol. The molecule has 0 aliphatic heterocycles. The summed E-state index contributed by atoms with van der Waals surface area (Å²) in [5, 5.41) is 11.3. The van der Waals surface area contributed by atoms with E-state index in [1.807, 2.05) is 31.2 Å². The number of ketones is 1. The Morgan fingerprint density at radius 1 is 1.16 bits per heavy atom. The molecule has 0 bridgehead atoms. The number of carbonyl (C=O) groups excluding carboxylic acids is 1. The lowest BCUT2D eigenvalue weighted by Gasteiger charge is -2.10. The lowest BCUT2D eigenvalue weighted by Crippen LogP contribution is -2.03. The van der Waals surface area contributed by atoms with Crippen molar-refractivity contribution in [3.8, 4) is 5.75 Å². The minimum Gasteiger partial charge on any atom is -0.482 e. The third-order valence-electron chi connectivity index (χ3n) is 4.00. The van der Waals surface area contributed by atoms with Gasteiger partial charge in [0, 0.05) is 18.1 Å². The first kappa shape index (κ1) is 18.6. The second kappa shape index (κ2) is 8.42. The van der Waals surface area contributed by atoms with Crippen LogP contribution in [0.15, 0.2) is 42.5 Å². The minimum absolute atomic E-state index is 0.0959. The van der Waals surface area contributed by atoms with Crippen molar-refractivity contribution in [1.82, 2.24) is 0 Å². The summed E-state index contributed by atoms with van der Waals surface area (Å²) in [4.78, 5) is 22.7. The fourth-order valence-electron chi connectivity index (χ4n) is 2.49. The zero-order valence-electron chi connectivity index (χ0n) is 14.8. The number of ether oxygens (including phenoxy) is 1. The van der Waals surface area contributed by atoms with Crippen molar-refractivity contribution < 1.29 is 14.5 Å². The number of hydrogen-bond acceptors (Lipinski definition) is 4. The number of nitro benzene ring substituents is 1. The van der Waals surface area contributed by atoms with E-state index in [0.29, 0.717) is 24.3 Å². The molecule has 2 aromatic rings. The smallest absolute Gasteiger partial charge is 0.311 e. The van der Waals surface area contributed by atoms with E-state index in [0.717, 1.165) is 5.56 Å². The van der Waals surface area contributed by atoms with Gasteiger partial charge in [-0.1, -0.05) is 45.0 Å². The first-order chi connectivity index (χ1) is 11.9. The lowest BCUT2D eigenvalue weighted by molar-refractivity contribution is -0.386. The molecule has 5 nitrogen and oxygen atoms in total. The van der Waals surface area contributed by atoms with E-state index in [1.54, 1.807) is 6.07 Å². The molecule has 0 atom stereocenters. The molecule has 5 heteroatoms. The number of carbonyl (C=O) groups is 1. The molecule has 132 valence electrons. The third kappa shape index (κ3) is 4.89. The molecule has 2 aromatic carbocycles. The fourth-order valence-corrected chi connectivity index (χ4v) is 2.49. The van der Waals surface area contributed by atoms with Crippen LogP contribution in [0.2, 0.25) is 0 Å². The van der Waals surface area contributed by atoms with Crippen LogP contribution in [0.25, 0.3) is 0 Å². The van der Waals surface area contributed by atoms with Gasteiger partial charge in [0.2, 0.25) is 0 Å². The van der Waals surface area contributed by atoms with Gasteiger partial charge < -0.3 is 4.74 Å². The van der Waals surface area contributed by atoms with E-state index in [1.165, 1.54) is 17.7 Å². The number of nitrogens with zero attached hydrogens (tertiary/aromatic N) is 1. The van der Waals surface area contributed by atoms with Crippen molar-refractivity contribution in [3.05, 3.63) is 69.3 Å². The molecule has 0 radical (unpaired) electrons. The largest absolute Gasteiger partial charge is 0.482 e. The number of benzene rings is 2. The van der Waals surface area contributed by atoms with Gasteiger partial charge in [0.15, 0.2) is 11.5 Å². The monoisotopic (exact) mass is 341 g/mol. The molecule has 0 aliphatic rings. The highest BCUT2D eigenvalue weighted by molar-refractivity contribution is 5.96. The summed E-state index contributed by atoms with van der Waals surface area (Å²) in [6.45, 7) is 6.38. The van der Waals surface area contributed by atoms with Crippen molar-refractivity contribution in [2.24, 2.45) is 0 Å². The van der Waals surface area contributed by atoms with Crippen molar-refractivity contribution in [1.29, 1.82) is 0 Å². The van der Waals surface area contributed by atoms with Crippen LogP contribution in [0.1, 0.15) is 61.0 Å². The Morgan fingerprint density at radius 2 is 1.84 bits per heavy atom. The zero-order chi connectivity index (χ0) is 18.4. The standard InChI is InChI=1S/C20H23NO4/c1-4-5-19(22)17-10-11-20(18(12-17)21(23)24)25-13-15-6-8-16(9-7-15)14(2)3/h6-12,14H,4-5,13H2,1-3H3. The number of Topliss-reactive ketones (excluding diaryl/α,β-unsaturated/α-hetero) is 1. The molecule has 0 saturated carbocycles. The molecular formula is C20H23NO4. The first-order valence-corrected chi connectivity index (χ1v) is 8.45. The summed E-state index contributed by atoms with van der Waals surface area (Å²) in [7, 11) is 0. The summed E-state index contributed by atoms with van der Waals surface area (Å²) in [5.41, 5.74) is 2.33. The minimum atomic E-state index is -0.514. The maximum absolute atomic E-state index is 11.9. The molecule has 0 aliphatic carbocycles. The van der Waals surface area contributed by atoms with Gasteiger partial charge in [-0.2, -0.15) is 0 Å². The highest BCUT2D eigenvalue weighted by Crippen LogP contribution is 2.29. The van der Waals surface area contributed by atoms with Gasteiger partial charge in [-0.3, -0.25) is 14.9 Å². The third-order valence-corrected chi connectivity index (χ3v) is 4.00. The molecule has 0 aromatic heterocycles. The van der Waals surface area contributed by atoms with Gasteiger partial charge in [0.25, 0.3) is 0 Å². The Morgan fingerprint density at radius 3 is 2.40 bits per heavy atom. The number of rotatable bonds is 8. The van der Waals surface area contributed by atoms with Crippen LogP contribution < -0.4 is 4.74 Å². The molecule has 25 heavy (non-hydrogen) atoms. The summed E-state index contributed by atoms with van der Waals surface area (Å²) >= 11 is 0. The first-order valence-electron chi connectivity index (χ1n) is 8.45. The molecule has 0 fully saturated rings. The van der Waals surface area contributed by atoms with Crippen molar-refractivity contribution in [3.63, 3.8) is 0 Å². The van der Waals surface area contributed by atoms with Gasteiger partial charge in [0.1, 0.15) is 6.61 Å². The van der Waals surface area contributed by atoms with Crippen molar-refractivity contribution >= 4 is 11.5 Å². The van der Waals surface area contributed by atoms with E-state index >= 15 is 0 Å². The van der Waals surface area contributed by atoms with Crippen LogP contribution in [-0.4, -0.2) is 10.7 Å². The number of nitro groups is 1. The molecule has 2 rings (SSSR count). The Bertz CT molecular complexity index is 751. The molecular weight excluding hydrogens is 318 g/mol. The summed E-state index contributed by atoms with van der Waals surface area (Å²) in [6.07, 6.45) is 1.08. The molecule has 0 N–H and O–H groups in total. The van der Waals surface area contributed by atoms with Gasteiger partial charge in [-0.05, 0) is 35.6 Å². The average Bonchev–Trinajstić information content (AvgIpc) is 2.60. The highest BCUT2D eigenvalue weighted by Gasteiger charge is 2.18. The highest BCUT2D eigenvalue weighted by atomic mass is 16.6. The summed E-state index contributed by atoms with van der Waals surface area (Å²) in [6, 6.07) is 12.4. The second-order valence-corrected chi connectivity index (χ2v) is 6.30. The normalized spacial score (nSPS) is 10.7. The predicted molar refractivity (Wildman–Crippen MR) is 97.2 cm³/mol. The van der Waals surface area contributed by atoms with Crippen LogP contribution in [0.3, 0.4) is 0 Å². The van der Waals surface area contributed by atoms with Crippen LogP contribution in [0, 0.1) is 10.1 Å². The predicted octanol–water partition coefficient (Wildman–Crippen LogP) is 5.28. The number of hydrogen-bond donors (Lipinski definition) is 0. The molecule has 0 amide bonds. The van der Waals surface area contributed by atoms with Gasteiger partial charge in [-0.15, -0.1) is 0 Å². The van der Waals surface area contributed by atoms with Crippen molar-refractivity contribution in [2.75, 3.05) is 0 Å². The SMILES string of the molecule is CCCC(=O)c1ccc(OCc2ccc(C(C)C)cc2)c([N+](=O)[O-])c1. The van der Waals surface area contributed by atoms with E-state index in [9.17, 15) is 14.9 Å². The maximum atomic E-state index is 11.9. The van der Waals surface area contributed by atoms with Crippen LogP contribution in [0.5, 0.6) is 5.75 Å². The van der Waals surface area contributed by atoms with Crippen LogP contribution in [-0.2, 0) is 6.61 Å². The fraction of sp³-hybridized carbons (Fsp3) is 0.350. The van der Waals surface area contributed by atoms with Crippen molar-refractivity contribution in [2.45, 2.75) is 46.1 Å². The quantitative estimate of drug-likeness (QED) is 0.372. The van der Waals surface area contributed by atoms with Gasteiger partial charge >= 0.3 is 5.69 Å². The van der Waals surface area contributed by atoms with Gasteiger partial charge in [0.05, 0.1) is 4.92 Å². The topological polar surface area (TPSA) is 69.4 Å². The maximum Gasteiger partial charge on any atom is 0.311 e. The van der Waals surface area contributed by atoms with E-state index in [2.05, 4.69) is 13.8 Å².